The molecule has 5 fully saturated rings. The number of halogens is 1. The van der Waals surface area contributed by atoms with Gasteiger partial charge in [-0.25, -0.2) is 14.4 Å². The minimum absolute atomic E-state index is 0.00751. The van der Waals surface area contributed by atoms with Gasteiger partial charge in [-0.15, -0.1) is 0 Å². The maximum absolute atomic E-state index is 14.3. The molecule has 1 aliphatic carbocycles. The Bertz CT molecular complexity index is 1490. The number of amides is 2. The molecule has 5 heterocycles. The minimum atomic E-state index is -0.482. The lowest BCUT2D eigenvalue weighted by atomic mass is 9.68. The summed E-state index contributed by atoms with van der Waals surface area (Å²) >= 11 is 0. The lowest BCUT2D eigenvalue weighted by Crippen LogP contribution is -2.61. The van der Waals surface area contributed by atoms with Crippen LogP contribution in [0.2, 0.25) is 0 Å². The van der Waals surface area contributed by atoms with Crippen LogP contribution in [0, 0.1) is 22.6 Å². The van der Waals surface area contributed by atoms with Gasteiger partial charge in [-0.05, 0) is 116 Å². The van der Waals surface area contributed by atoms with Gasteiger partial charge in [-0.2, -0.15) is 0 Å². The van der Waals surface area contributed by atoms with Crippen molar-refractivity contribution in [3.05, 3.63) is 42.1 Å². The molecule has 0 atom stereocenters. The summed E-state index contributed by atoms with van der Waals surface area (Å²) < 4.78 is 26.2. The number of nitrogens with one attached hydrogen (secondary N) is 1. The molecule has 1 saturated carbocycles. The number of likely N-dealkylation sites (tertiary alicyclic amines) is 1. The molecule has 1 aromatic carbocycles. The van der Waals surface area contributed by atoms with Crippen molar-refractivity contribution in [1.82, 2.24) is 25.1 Å². The number of hydrogen-bond acceptors (Lipinski definition) is 8. The summed E-state index contributed by atoms with van der Waals surface area (Å²) in [5.74, 6) is 1.69. The van der Waals surface area contributed by atoms with Crippen molar-refractivity contribution in [2.24, 2.45) is 16.7 Å². The summed E-state index contributed by atoms with van der Waals surface area (Å²) in [5.41, 5.74) is 0.275. The largest absolute Gasteiger partial charge is 0.451 e. The third kappa shape index (κ3) is 6.40. The fourth-order valence-electron chi connectivity index (χ4n) is 9.23. The number of hydrogen-bond donors (Lipinski definition) is 1. The molecule has 11 heteroatoms. The first kappa shape index (κ1) is 33.2. The fraction of sp³-hybridized carbons (Fsp3) is 0.676. The molecule has 0 radical (unpaired) electrons. The van der Waals surface area contributed by atoms with E-state index < -0.39 is 5.82 Å². The molecule has 48 heavy (non-hydrogen) atoms. The predicted molar refractivity (Wildman–Crippen MR) is 181 cm³/mol. The van der Waals surface area contributed by atoms with E-state index in [0.717, 1.165) is 77.7 Å². The van der Waals surface area contributed by atoms with Gasteiger partial charge in [0.15, 0.2) is 11.6 Å². The Labute approximate surface area is 283 Å². The third-order valence-electron chi connectivity index (χ3n) is 12.1. The van der Waals surface area contributed by atoms with Crippen LogP contribution in [0.4, 0.5) is 10.2 Å². The Balaban J connectivity index is 0.921. The topological polar surface area (TPSA) is 100 Å². The molecular formula is C37H51FN6O4. The molecule has 3 spiro atoms. The second-order valence-corrected chi connectivity index (χ2v) is 15.5. The monoisotopic (exact) mass is 662 g/mol. The molecule has 2 aromatic rings. The van der Waals surface area contributed by atoms with Gasteiger partial charge in [0, 0.05) is 56.4 Å². The molecule has 0 unspecified atom stereocenters. The van der Waals surface area contributed by atoms with Crippen LogP contribution in [0.1, 0.15) is 88.9 Å². The van der Waals surface area contributed by atoms with E-state index in [1.807, 2.05) is 20.8 Å². The van der Waals surface area contributed by atoms with E-state index in [1.54, 1.807) is 11.1 Å². The quantitative estimate of drug-likeness (QED) is 0.400. The zero-order chi connectivity index (χ0) is 33.5. The number of carbonyl (C=O) groups is 2. The number of aromatic nitrogens is 2. The number of ether oxygens (including phenoxy) is 2. The summed E-state index contributed by atoms with van der Waals surface area (Å²) in [5, 5.41) is 3.47. The first-order valence-corrected chi connectivity index (χ1v) is 18.1. The Morgan fingerprint density at radius 1 is 1.10 bits per heavy atom. The Hall–Kier alpha value is -3.31. The second kappa shape index (κ2) is 13.2. The van der Waals surface area contributed by atoms with Crippen LogP contribution < -0.4 is 15.0 Å². The van der Waals surface area contributed by atoms with Crippen LogP contribution in [0.5, 0.6) is 11.5 Å². The van der Waals surface area contributed by atoms with Gasteiger partial charge in [0.25, 0.3) is 5.91 Å². The molecular weight excluding hydrogens is 611 g/mol. The van der Waals surface area contributed by atoms with Crippen molar-refractivity contribution in [1.29, 1.82) is 0 Å². The SMILES string of the molecule is CCN(C(=O)c1cc(F)ccc1Oc1cncnc1N1CC2(CCN(CC3CCC4(CC3)CC3(CCOCC3)C(=O)N4)CC2)C1)C(C)C. The highest BCUT2D eigenvalue weighted by Crippen LogP contribution is 2.50. The number of nitrogens with zero attached hydrogens (tertiary/aromatic N) is 5. The Morgan fingerprint density at radius 3 is 2.52 bits per heavy atom. The Kier molecular flexibility index (Phi) is 9.12. The molecule has 1 aromatic heterocycles. The molecule has 5 aliphatic rings. The summed E-state index contributed by atoms with van der Waals surface area (Å²) in [6.45, 7) is 12.9. The molecule has 2 amide bonds. The molecule has 260 valence electrons. The first-order chi connectivity index (χ1) is 23.1. The molecule has 1 N–H and O–H groups in total. The summed E-state index contributed by atoms with van der Waals surface area (Å²) in [7, 11) is 0. The van der Waals surface area contributed by atoms with Crippen LogP contribution >= 0.6 is 0 Å². The van der Waals surface area contributed by atoms with Gasteiger partial charge in [0.05, 0.1) is 17.2 Å². The zero-order valence-corrected chi connectivity index (χ0v) is 28.8. The number of piperidine rings is 1. The zero-order valence-electron chi connectivity index (χ0n) is 28.8. The van der Waals surface area contributed by atoms with E-state index in [2.05, 4.69) is 25.1 Å². The standard InChI is InChI=1S/C37H51FN6O4/c1-4-44(26(2)3)33(45)29-19-28(38)5-6-30(29)48-31-20-39-25-40-32(31)43-23-35(24-43)11-15-42(16-12-35)21-27-7-9-37(10-8-27)22-36(34(46)41-37)13-17-47-18-14-36/h5-6,19-20,25-27H,4,7-18,21-24H2,1-3H3,(H,41,46). The van der Waals surface area contributed by atoms with Crippen molar-refractivity contribution >= 4 is 17.6 Å². The Morgan fingerprint density at radius 2 is 1.83 bits per heavy atom. The lowest BCUT2D eigenvalue weighted by molar-refractivity contribution is -0.132. The minimum Gasteiger partial charge on any atom is -0.451 e. The van der Waals surface area contributed by atoms with Crippen molar-refractivity contribution in [2.75, 3.05) is 57.4 Å². The fourth-order valence-corrected chi connectivity index (χ4v) is 9.23. The van der Waals surface area contributed by atoms with E-state index in [1.165, 1.54) is 37.4 Å². The summed E-state index contributed by atoms with van der Waals surface area (Å²) in [6, 6.07) is 4.05. The molecule has 10 nitrogen and oxygen atoms in total. The highest BCUT2D eigenvalue weighted by atomic mass is 19.1. The van der Waals surface area contributed by atoms with Crippen molar-refractivity contribution in [3.63, 3.8) is 0 Å². The average Bonchev–Trinajstić information content (AvgIpc) is 3.32. The van der Waals surface area contributed by atoms with Gasteiger partial charge in [0.1, 0.15) is 17.9 Å². The highest BCUT2D eigenvalue weighted by molar-refractivity contribution is 5.97. The van der Waals surface area contributed by atoms with Gasteiger partial charge >= 0.3 is 0 Å². The van der Waals surface area contributed by atoms with Gasteiger partial charge in [0.2, 0.25) is 5.91 Å². The van der Waals surface area contributed by atoms with Crippen LogP contribution in [-0.4, -0.2) is 95.6 Å². The smallest absolute Gasteiger partial charge is 0.257 e. The van der Waals surface area contributed by atoms with Gasteiger partial charge in [-0.1, -0.05) is 0 Å². The first-order valence-electron chi connectivity index (χ1n) is 18.1. The summed E-state index contributed by atoms with van der Waals surface area (Å²) in [4.78, 5) is 41.8. The van der Waals surface area contributed by atoms with Gasteiger partial charge in [-0.3, -0.25) is 9.59 Å². The number of rotatable bonds is 8. The highest BCUT2D eigenvalue weighted by Gasteiger charge is 2.55. The normalized spacial score (nSPS) is 26.6. The van der Waals surface area contributed by atoms with Crippen molar-refractivity contribution < 1.29 is 23.5 Å². The molecule has 7 rings (SSSR count). The van der Waals surface area contributed by atoms with E-state index in [0.29, 0.717) is 43.0 Å². The van der Waals surface area contributed by atoms with Crippen LogP contribution in [0.3, 0.4) is 0 Å². The van der Waals surface area contributed by atoms with E-state index in [4.69, 9.17) is 9.47 Å². The number of benzene rings is 1. The van der Waals surface area contributed by atoms with Crippen molar-refractivity contribution in [2.45, 2.75) is 90.1 Å². The van der Waals surface area contributed by atoms with Gasteiger partial charge < -0.3 is 29.5 Å². The maximum Gasteiger partial charge on any atom is 0.257 e. The number of anilines is 1. The van der Waals surface area contributed by atoms with Crippen LogP contribution in [-0.2, 0) is 9.53 Å². The van der Waals surface area contributed by atoms with Crippen LogP contribution in [0.25, 0.3) is 0 Å². The average molecular weight is 663 g/mol. The molecule has 4 aliphatic heterocycles. The molecule has 0 bridgehead atoms. The number of carbonyl (C=O) groups excluding carboxylic acids is 2. The van der Waals surface area contributed by atoms with Crippen LogP contribution in [0.15, 0.2) is 30.7 Å². The second-order valence-electron chi connectivity index (χ2n) is 15.5. The van der Waals surface area contributed by atoms with E-state index in [9.17, 15) is 14.0 Å². The van der Waals surface area contributed by atoms with E-state index in [-0.39, 0.29) is 39.8 Å². The van der Waals surface area contributed by atoms with E-state index >= 15 is 0 Å². The summed E-state index contributed by atoms with van der Waals surface area (Å²) in [6.07, 6.45) is 12.8. The maximum atomic E-state index is 14.3. The molecule has 4 saturated heterocycles. The lowest BCUT2D eigenvalue weighted by Gasteiger charge is -2.55. The predicted octanol–water partition coefficient (Wildman–Crippen LogP) is 5.43. The third-order valence-corrected chi connectivity index (χ3v) is 12.1. The van der Waals surface area contributed by atoms with Crippen molar-refractivity contribution in [3.8, 4) is 11.5 Å².